The Balaban J connectivity index is 1.89. The number of H-pyrrole nitrogens is 1. The standard InChI is InChI=1S/C26H34N2/c1-4-5-6-13-19-28-20-18-27-25(28)22(2)26(3,24-16-11-8-12-17-24)21-23-14-9-7-10-15-23/h7-12,14-18,20,22H,4-6,13,19,21H2,1-3H3/p+1. The van der Waals surface area contributed by atoms with Crippen molar-refractivity contribution in [3.05, 3.63) is 90.0 Å². The maximum absolute atomic E-state index is 3.57. The van der Waals surface area contributed by atoms with Gasteiger partial charge in [-0.3, -0.25) is 0 Å². The van der Waals surface area contributed by atoms with Gasteiger partial charge in [-0.05, 0) is 30.4 Å². The number of benzene rings is 2. The Bertz CT molecular complexity index is 822. The van der Waals surface area contributed by atoms with Gasteiger partial charge in [0.15, 0.2) is 0 Å². The van der Waals surface area contributed by atoms with E-state index in [1.165, 1.54) is 42.6 Å². The Hall–Kier alpha value is -2.35. The summed E-state index contributed by atoms with van der Waals surface area (Å²) < 4.78 is 2.44. The third-order valence-corrected chi connectivity index (χ3v) is 6.26. The number of nitrogens with zero attached hydrogens (tertiary/aromatic N) is 1. The van der Waals surface area contributed by atoms with E-state index in [0.717, 1.165) is 13.0 Å². The van der Waals surface area contributed by atoms with Gasteiger partial charge in [0.2, 0.25) is 0 Å². The monoisotopic (exact) mass is 375 g/mol. The van der Waals surface area contributed by atoms with Gasteiger partial charge in [0.1, 0.15) is 12.4 Å². The summed E-state index contributed by atoms with van der Waals surface area (Å²) in [5.74, 6) is 1.70. The second-order valence-corrected chi connectivity index (χ2v) is 8.27. The molecule has 3 aromatic rings. The molecule has 2 unspecified atom stereocenters. The summed E-state index contributed by atoms with van der Waals surface area (Å²) in [4.78, 5) is 3.57. The highest BCUT2D eigenvalue weighted by Crippen LogP contribution is 2.40. The fraction of sp³-hybridized carbons (Fsp3) is 0.423. The van der Waals surface area contributed by atoms with Gasteiger partial charge < -0.3 is 0 Å². The first-order valence-electron chi connectivity index (χ1n) is 10.8. The maximum atomic E-state index is 3.57. The van der Waals surface area contributed by atoms with Crippen LogP contribution in [-0.4, -0.2) is 4.98 Å². The van der Waals surface area contributed by atoms with Crippen molar-refractivity contribution in [2.75, 3.05) is 0 Å². The highest BCUT2D eigenvalue weighted by Gasteiger charge is 2.39. The molecule has 3 rings (SSSR count). The minimum Gasteiger partial charge on any atom is -0.247 e. The Kier molecular flexibility index (Phi) is 7.08. The molecule has 2 nitrogen and oxygen atoms in total. The fourth-order valence-corrected chi connectivity index (χ4v) is 4.30. The summed E-state index contributed by atoms with van der Waals surface area (Å²) in [6.45, 7) is 8.16. The van der Waals surface area contributed by atoms with Crippen LogP contribution in [0.4, 0.5) is 0 Å². The van der Waals surface area contributed by atoms with Crippen LogP contribution in [0.3, 0.4) is 0 Å². The molecule has 1 aromatic heterocycles. The zero-order chi connectivity index (χ0) is 19.8. The molecule has 0 aliphatic heterocycles. The largest absolute Gasteiger partial charge is 0.257 e. The minimum absolute atomic E-state index is 0.0125. The summed E-state index contributed by atoms with van der Waals surface area (Å²) in [7, 11) is 0. The lowest BCUT2D eigenvalue weighted by Gasteiger charge is -2.34. The van der Waals surface area contributed by atoms with E-state index in [0.29, 0.717) is 5.92 Å². The van der Waals surface area contributed by atoms with Crippen molar-refractivity contribution in [3.63, 3.8) is 0 Å². The molecular weight excluding hydrogens is 340 g/mol. The number of aromatic nitrogens is 2. The molecule has 148 valence electrons. The summed E-state index contributed by atoms with van der Waals surface area (Å²) in [6, 6.07) is 21.9. The Morgan fingerprint density at radius 3 is 2.29 bits per heavy atom. The molecule has 2 aromatic carbocycles. The molecule has 0 aliphatic rings. The van der Waals surface area contributed by atoms with Crippen LogP contribution in [0.25, 0.3) is 0 Å². The summed E-state index contributed by atoms with van der Waals surface area (Å²) in [5.41, 5.74) is 2.80. The van der Waals surface area contributed by atoms with Crippen molar-refractivity contribution in [2.24, 2.45) is 0 Å². The molecule has 0 saturated heterocycles. The van der Waals surface area contributed by atoms with Crippen molar-refractivity contribution in [1.82, 2.24) is 4.98 Å². The van der Waals surface area contributed by atoms with Crippen LogP contribution in [0.15, 0.2) is 73.1 Å². The minimum atomic E-state index is 0.0125. The van der Waals surface area contributed by atoms with Gasteiger partial charge in [-0.15, -0.1) is 0 Å². The summed E-state index contributed by atoms with van der Waals surface area (Å²) >= 11 is 0. The van der Waals surface area contributed by atoms with Gasteiger partial charge in [-0.2, -0.15) is 0 Å². The van der Waals surface area contributed by atoms with Crippen LogP contribution in [-0.2, 0) is 18.4 Å². The number of rotatable bonds is 10. The first kappa shape index (κ1) is 20.4. The van der Waals surface area contributed by atoms with Gasteiger partial charge in [-0.1, -0.05) is 94.3 Å². The normalized spacial score (nSPS) is 14.5. The first-order chi connectivity index (χ1) is 13.6. The van der Waals surface area contributed by atoms with E-state index < -0.39 is 0 Å². The average molecular weight is 376 g/mol. The lowest BCUT2D eigenvalue weighted by atomic mass is 9.68. The first-order valence-corrected chi connectivity index (χ1v) is 10.8. The van der Waals surface area contributed by atoms with E-state index in [4.69, 9.17) is 0 Å². The highest BCUT2D eigenvalue weighted by atomic mass is 15.1. The fourth-order valence-electron chi connectivity index (χ4n) is 4.30. The SMILES string of the molecule is CCCCCC[n+]1cc[nH]c1C(C)C(C)(Cc1ccccc1)c1ccccc1. The zero-order valence-electron chi connectivity index (χ0n) is 17.7. The van der Waals surface area contributed by atoms with Gasteiger partial charge in [0.25, 0.3) is 5.82 Å². The van der Waals surface area contributed by atoms with Gasteiger partial charge >= 0.3 is 0 Å². The van der Waals surface area contributed by atoms with Crippen molar-refractivity contribution in [2.45, 2.75) is 70.8 Å². The van der Waals surface area contributed by atoms with Gasteiger partial charge in [-0.25, -0.2) is 9.55 Å². The van der Waals surface area contributed by atoms with Crippen LogP contribution < -0.4 is 4.57 Å². The molecule has 0 amide bonds. The van der Waals surface area contributed by atoms with Crippen LogP contribution in [0.5, 0.6) is 0 Å². The molecule has 0 spiro atoms. The van der Waals surface area contributed by atoms with E-state index in [1.54, 1.807) is 0 Å². The number of unbranched alkanes of at least 4 members (excludes halogenated alkanes) is 3. The van der Waals surface area contributed by atoms with E-state index in [-0.39, 0.29) is 5.41 Å². The molecule has 2 atom stereocenters. The van der Waals surface area contributed by atoms with E-state index in [1.807, 2.05) is 0 Å². The van der Waals surface area contributed by atoms with Crippen LogP contribution >= 0.6 is 0 Å². The lowest BCUT2D eigenvalue weighted by Crippen LogP contribution is -2.42. The second kappa shape index (κ2) is 9.73. The predicted molar refractivity (Wildman–Crippen MR) is 117 cm³/mol. The highest BCUT2D eigenvalue weighted by molar-refractivity contribution is 5.32. The molecule has 0 aliphatic carbocycles. The van der Waals surface area contributed by atoms with Crippen LogP contribution in [0, 0.1) is 0 Å². The lowest BCUT2D eigenvalue weighted by molar-refractivity contribution is -0.705. The van der Waals surface area contributed by atoms with Gasteiger partial charge in [0, 0.05) is 5.41 Å². The Morgan fingerprint density at radius 2 is 1.61 bits per heavy atom. The van der Waals surface area contributed by atoms with Crippen molar-refractivity contribution >= 4 is 0 Å². The van der Waals surface area contributed by atoms with Crippen LogP contribution in [0.2, 0.25) is 0 Å². The third kappa shape index (κ3) is 4.73. The van der Waals surface area contributed by atoms with E-state index in [9.17, 15) is 0 Å². The van der Waals surface area contributed by atoms with Crippen molar-refractivity contribution in [1.29, 1.82) is 0 Å². The van der Waals surface area contributed by atoms with Crippen LogP contribution in [0.1, 0.15) is 69.3 Å². The zero-order valence-corrected chi connectivity index (χ0v) is 17.7. The summed E-state index contributed by atoms with van der Waals surface area (Å²) in [5, 5.41) is 0. The van der Waals surface area contributed by atoms with Crippen molar-refractivity contribution in [3.8, 4) is 0 Å². The predicted octanol–water partition coefficient (Wildman–Crippen LogP) is 6.19. The molecule has 1 N–H and O–H groups in total. The maximum Gasteiger partial charge on any atom is 0.257 e. The number of aryl methyl sites for hydroxylation is 1. The van der Waals surface area contributed by atoms with E-state index in [2.05, 4.69) is 103 Å². The molecule has 1 heterocycles. The topological polar surface area (TPSA) is 19.7 Å². The number of nitrogens with one attached hydrogen (secondary N) is 1. The third-order valence-electron chi connectivity index (χ3n) is 6.26. The number of hydrogen-bond acceptors (Lipinski definition) is 0. The smallest absolute Gasteiger partial charge is 0.247 e. The van der Waals surface area contributed by atoms with Gasteiger partial charge in [0.05, 0.1) is 12.5 Å². The number of imidazole rings is 1. The quantitative estimate of drug-likeness (QED) is 0.322. The molecular formula is C26H35N2+. The molecule has 28 heavy (non-hydrogen) atoms. The molecule has 0 fully saturated rings. The number of hydrogen-bond donors (Lipinski definition) is 1. The molecule has 0 saturated carbocycles. The molecule has 0 radical (unpaired) electrons. The second-order valence-electron chi connectivity index (χ2n) is 8.27. The van der Waals surface area contributed by atoms with Crippen molar-refractivity contribution < 1.29 is 4.57 Å². The van der Waals surface area contributed by atoms with E-state index >= 15 is 0 Å². The Labute approximate surface area is 170 Å². The average Bonchev–Trinajstić information content (AvgIpc) is 3.20. The molecule has 2 heteroatoms. The number of aromatic amines is 1. The Morgan fingerprint density at radius 1 is 0.929 bits per heavy atom. The summed E-state index contributed by atoms with van der Waals surface area (Å²) in [6.07, 6.45) is 10.5. The molecule has 0 bridgehead atoms.